The summed E-state index contributed by atoms with van der Waals surface area (Å²) in [5.74, 6) is -0.376. The molecule has 0 saturated carbocycles. The first-order valence-corrected chi connectivity index (χ1v) is 9.72. The van der Waals surface area contributed by atoms with E-state index in [1.807, 2.05) is 24.3 Å². The largest absolute Gasteiger partial charge is 0.468 e. The molecule has 0 fully saturated rings. The molecular formula is C21H33N3O5. The Morgan fingerprint density at radius 3 is 2.24 bits per heavy atom. The van der Waals surface area contributed by atoms with Crippen molar-refractivity contribution in [3.8, 4) is 0 Å². The smallest absolute Gasteiger partial charge is 0.407 e. The summed E-state index contributed by atoms with van der Waals surface area (Å²) < 4.78 is 9.98. The van der Waals surface area contributed by atoms with E-state index in [-0.39, 0.29) is 18.4 Å². The van der Waals surface area contributed by atoms with E-state index in [1.54, 1.807) is 39.6 Å². The van der Waals surface area contributed by atoms with Crippen LogP contribution in [0.25, 0.3) is 0 Å². The third-order valence-corrected chi connectivity index (χ3v) is 4.13. The number of methoxy groups -OCH3 is 1. The van der Waals surface area contributed by atoms with Gasteiger partial charge >= 0.3 is 12.1 Å². The molecule has 1 unspecified atom stereocenters. The van der Waals surface area contributed by atoms with E-state index in [1.165, 1.54) is 7.11 Å². The summed E-state index contributed by atoms with van der Waals surface area (Å²) in [6, 6.07) is 6.98. The maximum absolute atomic E-state index is 12.4. The highest BCUT2D eigenvalue weighted by Gasteiger charge is 2.19. The van der Waals surface area contributed by atoms with Crippen molar-refractivity contribution in [2.75, 3.05) is 32.1 Å². The van der Waals surface area contributed by atoms with E-state index in [4.69, 9.17) is 9.47 Å². The van der Waals surface area contributed by atoms with E-state index in [0.717, 1.165) is 11.3 Å². The van der Waals surface area contributed by atoms with Crippen LogP contribution in [0.4, 0.5) is 10.5 Å². The standard InChI is InChI=1S/C21H33N3O5/c1-7-18(25)24(13-12-23-20(27)29-21(2,3)4)16-10-8-15(9-11-16)14-17(22-5)19(26)28-6/h8-11,17,22H,7,12-14H2,1-6H3,(H,23,27). The van der Waals surface area contributed by atoms with Gasteiger partial charge in [-0.3, -0.25) is 9.59 Å². The summed E-state index contributed by atoms with van der Waals surface area (Å²) >= 11 is 0. The maximum atomic E-state index is 12.4. The number of hydrogen-bond donors (Lipinski definition) is 2. The van der Waals surface area contributed by atoms with Crippen LogP contribution in [0.15, 0.2) is 24.3 Å². The number of esters is 1. The summed E-state index contributed by atoms with van der Waals surface area (Å²) in [6.45, 7) is 7.76. The minimum absolute atomic E-state index is 0.0496. The lowest BCUT2D eigenvalue weighted by atomic mass is 10.1. The van der Waals surface area contributed by atoms with Gasteiger partial charge in [-0.2, -0.15) is 0 Å². The number of nitrogens with one attached hydrogen (secondary N) is 2. The number of benzene rings is 1. The average molecular weight is 408 g/mol. The second kappa shape index (κ2) is 11.4. The van der Waals surface area contributed by atoms with Gasteiger partial charge in [0.05, 0.1) is 7.11 Å². The summed E-state index contributed by atoms with van der Waals surface area (Å²) in [7, 11) is 3.06. The molecule has 162 valence electrons. The number of ether oxygens (including phenoxy) is 2. The molecule has 0 aromatic heterocycles. The summed E-state index contributed by atoms with van der Waals surface area (Å²) in [5.41, 5.74) is 1.09. The molecule has 8 nitrogen and oxygen atoms in total. The Balaban J connectivity index is 2.77. The molecule has 1 aromatic carbocycles. The van der Waals surface area contributed by atoms with Crippen molar-refractivity contribution in [1.29, 1.82) is 0 Å². The Morgan fingerprint density at radius 1 is 1.14 bits per heavy atom. The number of hydrogen-bond acceptors (Lipinski definition) is 6. The Bertz CT molecular complexity index is 683. The number of rotatable bonds is 9. The molecule has 0 bridgehead atoms. The molecule has 0 aliphatic heterocycles. The number of likely N-dealkylation sites (N-methyl/N-ethyl adjacent to an activating group) is 1. The molecule has 2 amide bonds. The lowest BCUT2D eigenvalue weighted by Gasteiger charge is -2.24. The van der Waals surface area contributed by atoms with Crippen LogP contribution in [0.3, 0.4) is 0 Å². The van der Waals surface area contributed by atoms with Gasteiger partial charge in [0.1, 0.15) is 11.6 Å². The molecule has 2 N–H and O–H groups in total. The van der Waals surface area contributed by atoms with Gasteiger partial charge in [0.15, 0.2) is 0 Å². The molecule has 0 aliphatic carbocycles. The van der Waals surface area contributed by atoms with Crippen LogP contribution in [0.2, 0.25) is 0 Å². The zero-order valence-electron chi connectivity index (χ0n) is 18.2. The van der Waals surface area contributed by atoms with Crippen LogP contribution in [0.5, 0.6) is 0 Å². The Kier molecular flexibility index (Phi) is 9.61. The minimum Gasteiger partial charge on any atom is -0.468 e. The van der Waals surface area contributed by atoms with Crippen LogP contribution in [-0.4, -0.2) is 56.9 Å². The summed E-state index contributed by atoms with van der Waals surface area (Å²) in [5, 5.41) is 5.60. The summed E-state index contributed by atoms with van der Waals surface area (Å²) in [4.78, 5) is 37.5. The van der Waals surface area contributed by atoms with E-state index in [2.05, 4.69) is 10.6 Å². The normalized spacial score (nSPS) is 12.1. The van der Waals surface area contributed by atoms with E-state index in [9.17, 15) is 14.4 Å². The predicted octanol–water partition coefficient (Wildman–Crippen LogP) is 2.26. The van der Waals surface area contributed by atoms with Crippen molar-refractivity contribution < 1.29 is 23.9 Å². The monoisotopic (exact) mass is 407 g/mol. The second-order valence-corrected chi connectivity index (χ2v) is 7.56. The number of anilines is 1. The average Bonchev–Trinajstić information content (AvgIpc) is 2.67. The topological polar surface area (TPSA) is 97.0 Å². The van der Waals surface area contributed by atoms with Gasteiger partial charge in [-0.1, -0.05) is 19.1 Å². The SMILES string of the molecule is CCC(=O)N(CCNC(=O)OC(C)(C)C)c1ccc(CC(NC)C(=O)OC)cc1. The van der Waals surface area contributed by atoms with Gasteiger partial charge < -0.3 is 25.0 Å². The van der Waals surface area contributed by atoms with Crippen LogP contribution in [0, 0.1) is 0 Å². The van der Waals surface area contributed by atoms with Crippen molar-refractivity contribution in [2.24, 2.45) is 0 Å². The predicted molar refractivity (Wildman–Crippen MR) is 112 cm³/mol. The molecular weight excluding hydrogens is 374 g/mol. The Hall–Kier alpha value is -2.61. The maximum Gasteiger partial charge on any atom is 0.407 e. The third kappa shape index (κ3) is 8.51. The fourth-order valence-corrected chi connectivity index (χ4v) is 2.67. The van der Waals surface area contributed by atoms with Crippen LogP contribution in [-0.2, 0) is 25.5 Å². The van der Waals surface area contributed by atoms with Gasteiger partial charge in [-0.25, -0.2) is 4.79 Å². The Morgan fingerprint density at radius 2 is 1.76 bits per heavy atom. The fourth-order valence-electron chi connectivity index (χ4n) is 2.67. The molecule has 1 atom stereocenters. The molecule has 1 aromatic rings. The Labute approximate surface area is 172 Å². The lowest BCUT2D eigenvalue weighted by Crippen LogP contribution is -2.40. The molecule has 0 spiro atoms. The van der Waals surface area contributed by atoms with Gasteiger partial charge in [0.2, 0.25) is 5.91 Å². The molecule has 1 rings (SSSR count). The fraction of sp³-hybridized carbons (Fsp3) is 0.571. The second-order valence-electron chi connectivity index (χ2n) is 7.56. The quantitative estimate of drug-likeness (QED) is 0.610. The zero-order valence-corrected chi connectivity index (χ0v) is 18.2. The van der Waals surface area contributed by atoms with E-state index >= 15 is 0 Å². The minimum atomic E-state index is -0.575. The molecule has 0 heterocycles. The molecule has 0 radical (unpaired) electrons. The van der Waals surface area contributed by atoms with Crippen LogP contribution in [0.1, 0.15) is 39.7 Å². The van der Waals surface area contributed by atoms with Crippen molar-refractivity contribution in [3.63, 3.8) is 0 Å². The first-order chi connectivity index (χ1) is 13.6. The third-order valence-electron chi connectivity index (χ3n) is 4.13. The summed E-state index contributed by atoms with van der Waals surface area (Å²) in [6.07, 6.45) is 0.307. The lowest BCUT2D eigenvalue weighted by molar-refractivity contribution is -0.142. The van der Waals surface area contributed by atoms with Gasteiger partial charge in [0.25, 0.3) is 0 Å². The molecule has 0 saturated heterocycles. The molecule has 8 heteroatoms. The van der Waals surface area contributed by atoms with Crippen molar-refractivity contribution in [2.45, 2.75) is 52.2 Å². The number of nitrogens with zero attached hydrogens (tertiary/aromatic N) is 1. The molecule has 0 aliphatic rings. The van der Waals surface area contributed by atoms with Crippen LogP contribution >= 0.6 is 0 Å². The first-order valence-electron chi connectivity index (χ1n) is 9.72. The van der Waals surface area contributed by atoms with Crippen molar-refractivity contribution in [3.05, 3.63) is 29.8 Å². The van der Waals surface area contributed by atoms with Gasteiger partial charge in [0, 0.05) is 25.2 Å². The van der Waals surface area contributed by atoms with E-state index in [0.29, 0.717) is 19.4 Å². The van der Waals surface area contributed by atoms with Gasteiger partial charge in [-0.05, 0) is 51.9 Å². The zero-order chi connectivity index (χ0) is 22.0. The number of amides is 2. The number of carbonyl (C=O) groups is 3. The number of alkyl carbamates (subject to hydrolysis) is 1. The van der Waals surface area contributed by atoms with Crippen molar-refractivity contribution in [1.82, 2.24) is 10.6 Å². The highest BCUT2D eigenvalue weighted by atomic mass is 16.6. The first kappa shape index (κ1) is 24.4. The van der Waals surface area contributed by atoms with E-state index < -0.39 is 17.7 Å². The highest BCUT2D eigenvalue weighted by Crippen LogP contribution is 2.17. The van der Waals surface area contributed by atoms with Crippen LogP contribution < -0.4 is 15.5 Å². The van der Waals surface area contributed by atoms with Crippen molar-refractivity contribution >= 4 is 23.7 Å². The molecule has 29 heavy (non-hydrogen) atoms. The number of carbonyl (C=O) groups excluding carboxylic acids is 3. The highest BCUT2D eigenvalue weighted by molar-refractivity contribution is 5.93. The van der Waals surface area contributed by atoms with Gasteiger partial charge in [-0.15, -0.1) is 0 Å².